The SMILES string of the molecule is Nc1c2c(cc(=O)n1-c1ccccc1C(=O)c1ccc(Br)cc1)C(=O)NC2=O. The van der Waals surface area contributed by atoms with E-state index in [9.17, 15) is 19.2 Å². The largest absolute Gasteiger partial charge is 0.384 e. The van der Waals surface area contributed by atoms with Crippen LogP contribution in [0.3, 0.4) is 0 Å². The number of halogens is 1. The van der Waals surface area contributed by atoms with Crippen LogP contribution < -0.4 is 16.6 Å². The minimum absolute atomic E-state index is 0.0690. The fraction of sp³-hybridized carbons (Fsp3) is 0. The standard InChI is InChI=1S/C20H12BrN3O4/c21-11-7-5-10(6-8-11)17(26)12-3-1-2-4-14(12)24-15(25)9-13-16(18(24)22)20(28)23-19(13)27/h1-9H,22H2,(H,23,27,28). The predicted molar refractivity (Wildman–Crippen MR) is 106 cm³/mol. The topological polar surface area (TPSA) is 111 Å². The fourth-order valence-corrected chi connectivity index (χ4v) is 3.41. The van der Waals surface area contributed by atoms with Gasteiger partial charge in [-0.25, -0.2) is 0 Å². The molecule has 0 spiro atoms. The number of ketones is 1. The lowest BCUT2D eigenvalue weighted by molar-refractivity contribution is 0.0879. The van der Waals surface area contributed by atoms with E-state index in [1.807, 2.05) is 0 Å². The van der Waals surface area contributed by atoms with Crippen LogP contribution >= 0.6 is 15.9 Å². The number of carbonyl (C=O) groups is 3. The maximum Gasteiger partial charge on any atom is 0.262 e. The van der Waals surface area contributed by atoms with Crippen molar-refractivity contribution >= 4 is 39.3 Å². The normalized spacial score (nSPS) is 12.6. The Morgan fingerprint density at radius 2 is 1.64 bits per heavy atom. The van der Waals surface area contributed by atoms with Crippen LogP contribution in [-0.2, 0) is 0 Å². The molecule has 1 aliphatic heterocycles. The molecule has 3 N–H and O–H groups in total. The van der Waals surface area contributed by atoms with E-state index in [1.54, 1.807) is 48.5 Å². The highest BCUT2D eigenvalue weighted by atomic mass is 79.9. The number of rotatable bonds is 3. The number of para-hydroxylation sites is 1. The van der Waals surface area contributed by atoms with Gasteiger partial charge >= 0.3 is 0 Å². The number of pyridine rings is 1. The summed E-state index contributed by atoms with van der Waals surface area (Å²) in [6, 6.07) is 14.3. The van der Waals surface area contributed by atoms with E-state index < -0.39 is 17.4 Å². The van der Waals surface area contributed by atoms with E-state index in [-0.39, 0.29) is 34.0 Å². The Balaban J connectivity index is 1.93. The van der Waals surface area contributed by atoms with Crippen LogP contribution in [0.15, 0.2) is 63.9 Å². The molecule has 3 aromatic rings. The number of fused-ring (bicyclic) bond motifs is 1. The molecule has 0 bridgehead atoms. The average Bonchev–Trinajstić information content (AvgIpc) is 2.96. The van der Waals surface area contributed by atoms with Gasteiger partial charge in [-0.05, 0) is 36.4 Å². The monoisotopic (exact) mass is 437 g/mol. The summed E-state index contributed by atoms with van der Waals surface area (Å²) < 4.78 is 1.90. The third kappa shape index (κ3) is 2.74. The summed E-state index contributed by atoms with van der Waals surface area (Å²) in [4.78, 5) is 49.6. The molecule has 2 aromatic carbocycles. The van der Waals surface area contributed by atoms with Crippen molar-refractivity contribution < 1.29 is 14.4 Å². The fourth-order valence-electron chi connectivity index (χ4n) is 3.15. The Kier molecular flexibility index (Phi) is 4.20. The molecule has 0 unspecified atom stereocenters. The molecule has 1 aromatic heterocycles. The molecule has 2 heterocycles. The van der Waals surface area contributed by atoms with Crippen LogP contribution in [0.2, 0.25) is 0 Å². The number of amides is 2. The van der Waals surface area contributed by atoms with Gasteiger partial charge in [0.1, 0.15) is 5.82 Å². The molecule has 0 atom stereocenters. The third-order valence-corrected chi connectivity index (χ3v) is 4.98. The van der Waals surface area contributed by atoms with Gasteiger partial charge in [0.25, 0.3) is 17.4 Å². The smallest absolute Gasteiger partial charge is 0.262 e. The molecule has 0 saturated heterocycles. The highest BCUT2D eigenvalue weighted by Crippen LogP contribution is 2.25. The van der Waals surface area contributed by atoms with Gasteiger partial charge in [0.2, 0.25) is 0 Å². The summed E-state index contributed by atoms with van der Waals surface area (Å²) in [5.74, 6) is -1.85. The molecule has 4 rings (SSSR count). The molecule has 7 nitrogen and oxygen atoms in total. The Morgan fingerprint density at radius 1 is 0.964 bits per heavy atom. The second-order valence-electron chi connectivity index (χ2n) is 6.13. The van der Waals surface area contributed by atoms with Gasteiger partial charge in [0.05, 0.1) is 16.8 Å². The third-order valence-electron chi connectivity index (χ3n) is 4.45. The molecule has 0 aliphatic carbocycles. The van der Waals surface area contributed by atoms with Crippen molar-refractivity contribution in [2.24, 2.45) is 0 Å². The number of benzene rings is 2. The number of carbonyl (C=O) groups excluding carboxylic acids is 3. The van der Waals surface area contributed by atoms with Crippen molar-refractivity contribution in [1.82, 2.24) is 9.88 Å². The lowest BCUT2D eigenvalue weighted by Crippen LogP contribution is -2.25. The van der Waals surface area contributed by atoms with E-state index in [0.29, 0.717) is 5.56 Å². The first-order valence-electron chi connectivity index (χ1n) is 8.19. The summed E-state index contributed by atoms with van der Waals surface area (Å²) >= 11 is 3.32. The zero-order valence-corrected chi connectivity index (χ0v) is 15.8. The summed E-state index contributed by atoms with van der Waals surface area (Å²) in [6.45, 7) is 0. The van der Waals surface area contributed by atoms with Gasteiger partial charge in [0, 0.05) is 21.7 Å². The molecular formula is C20H12BrN3O4. The molecule has 0 radical (unpaired) electrons. The van der Waals surface area contributed by atoms with Crippen molar-refractivity contribution in [3.63, 3.8) is 0 Å². The number of nitrogen functional groups attached to an aromatic ring is 1. The van der Waals surface area contributed by atoms with E-state index in [4.69, 9.17) is 5.73 Å². The van der Waals surface area contributed by atoms with Gasteiger partial charge in [-0.1, -0.05) is 28.1 Å². The van der Waals surface area contributed by atoms with Gasteiger partial charge < -0.3 is 5.73 Å². The molecule has 138 valence electrons. The number of nitrogens with one attached hydrogen (secondary N) is 1. The number of hydrogen-bond acceptors (Lipinski definition) is 5. The molecule has 1 aliphatic rings. The van der Waals surface area contributed by atoms with Crippen molar-refractivity contribution in [3.05, 3.63) is 91.7 Å². The Hall–Kier alpha value is -3.52. The molecular weight excluding hydrogens is 426 g/mol. The summed E-state index contributed by atoms with van der Waals surface area (Å²) in [5, 5.41) is 2.12. The van der Waals surface area contributed by atoms with E-state index in [2.05, 4.69) is 21.2 Å². The molecule has 8 heteroatoms. The van der Waals surface area contributed by atoms with Crippen molar-refractivity contribution in [1.29, 1.82) is 0 Å². The van der Waals surface area contributed by atoms with Gasteiger partial charge in [0.15, 0.2) is 5.78 Å². The van der Waals surface area contributed by atoms with Crippen LogP contribution in [0.4, 0.5) is 5.82 Å². The van der Waals surface area contributed by atoms with Crippen molar-refractivity contribution in [2.75, 3.05) is 5.73 Å². The Morgan fingerprint density at radius 3 is 2.36 bits per heavy atom. The van der Waals surface area contributed by atoms with E-state index >= 15 is 0 Å². The van der Waals surface area contributed by atoms with Crippen LogP contribution in [0.5, 0.6) is 0 Å². The minimum Gasteiger partial charge on any atom is -0.384 e. The second-order valence-corrected chi connectivity index (χ2v) is 7.04. The quantitative estimate of drug-likeness (QED) is 0.482. The summed E-state index contributed by atoms with van der Waals surface area (Å²) in [7, 11) is 0. The number of aromatic nitrogens is 1. The number of nitrogens with zero attached hydrogens (tertiary/aromatic N) is 1. The first kappa shape index (κ1) is 17.9. The zero-order valence-electron chi connectivity index (χ0n) is 14.2. The van der Waals surface area contributed by atoms with Gasteiger partial charge in [-0.2, -0.15) is 0 Å². The number of hydrogen-bond donors (Lipinski definition) is 2. The van der Waals surface area contributed by atoms with Gasteiger partial charge in [-0.15, -0.1) is 0 Å². The maximum absolute atomic E-state index is 13.0. The highest BCUT2D eigenvalue weighted by molar-refractivity contribution is 9.10. The zero-order chi connectivity index (χ0) is 20.0. The highest BCUT2D eigenvalue weighted by Gasteiger charge is 2.32. The van der Waals surface area contributed by atoms with Crippen LogP contribution in [0.25, 0.3) is 5.69 Å². The number of imide groups is 1. The first-order chi connectivity index (χ1) is 13.4. The van der Waals surface area contributed by atoms with Crippen LogP contribution in [0, 0.1) is 0 Å². The molecule has 0 saturated carbocycles. The Labute approximate surface area is 166 Å². The summed E-state index contributed by atoms with van der Waals surface area (Å²) in [5.41, 5.74) is 6.22. The van der Waals surface area contributed by atoms with Crippen LogP contribution in [0.1, 0.15) is 36.6 Å². The number of nitrogens with two attached hydrogens (primary N) is 1. The number of anilines is 1. The molecule has 0 fully saturated rings. The average molecular weight is 438 g/mol. The Bertz CT molecular complexity index is 1230. The lowest BCUT2D eigenvalue weighted by Gasteiger charge is -2.15. The van der Waals surface area contributed by atoms with E-state index in [1.165, 1.54) is 0 Å². The first-order valence-corrected chi connectivity index (χ1v) is 8.98. The molecule has 28 heavy (non-hydrogen) atoms. The molecule has 2 amide bonds. The maximum atomic E-state index is 13.0. The van der Waals surface area contributed by atoms with Crippen molar-refractivity contribution in [3.8, 4) is 5.69 Å². The van der Waals surface area contributed by atoms with Crippen molar-refractivity contribution in [2.45, 2.75) is 0 Å². The van der Waals surface area contributed by atoms with Gasteiger partial charge in [-0.3, -0.25) is 29.1 Å². The second kappa shape index (κ2) is 6.58. The van der Waals surface area contributed by atoms with Crippen LogP contribution in [-0.4, -0.2) is 22.2 Å². The van der Waals surface area contributed by atoms with E-state index in [0.717, 1.165) is 15.1 Å². The minimum atomic E-state index is -0.678. The predicted octanol–water partition coefficient (Wildman–Crippen LogP) is 2.30. The lowest BCUT2D eigenvalue weighted by atomic mass is 10.0. The summed E-state index contributed by atoms with van der Waals surface area (Å²) in [6.07, 6.45) is 0.